The molecule has 0 heterocycles. The molecule has 0 aromatic heterocycles. The van der Waals surface area contributed by atoms with Crippen molar-refractivity contribution in [3.8, 4) is 0 Å². The van der Waals surface area contributed by atoms with Gasteiger partial charge in [0.05, 0.1) is 16.7 Å². The highest BCUT2D eigenvalue weighted by molar-refractivity contribution is 7.85. The van der Waals surface area contributed by atoms with Crippen LogP contribution in [0.15, 0.2) is 29.2 Å². The Labute approximate surface area is 182 Å². The number of benzene rings is 1. The maximum atomic E-state index is 13.2. The third-order valence-corrected chi connectivity index (χ3v) is 6.61. The molecule has 0 bridgehead atoms. The van der Waals surface area contributed by atoms with Crippen LogP contribution < -0.4 is 0 Å². The highest BCUT2D eigenvalue weighted by Gasteiger charge is 2.27. The van der Waals surface area contributed by atoms with Crippen molar-refractivity contribution >= 4 is 34.3 Å². The van der Waals surface area contributed by atoms with Crippen molar-refractivity contribution in [1.29, 1.82) is 0 Å². The maximum Gasteiger partial charge on any atom is 0.303 e. The average molecular weight is 444 g/mol. The molecule has 0 saturated heterocycles. The van der Waals surface area contributed by atoms with E-state index in [0.717, 1.165) is 38.5 Å². The predicted molar refractivity (Wildman–Crippen MR) is 119 cm³/mol. The van der Waals surface area contributed by atoms with E-state index in [4.69, 9.17) is 16.7 Å². The lowest BCUT2D eigenvalue weighted by Gasteiger charge is -2.27. The van der Waals surface area contributed by atoms with Crippen LogP contribution >= 0.6 is 11.6 Å². The van der Waals surface area contributed by atoms with Gasteiger partial charge < -0.3 is 10.0 Å². The minimum absolute atomic E-state index is 0.0687. The van der Waals surface area contributed by atoms with Crippen LogP contribution in [0, 0.1) is 5.92 Å². The molecule has 1 aromatic rings. The Morgan fingerprint density at radius 2 is 1.59 bits per heavy atom. The van der Waals surface area contributed by atoms with E-state index in [0.29, 0.717) is 23.0 Å². The maximum absolute atomic E-state index is 13.2. The number of carbonyl (C=O) groups excluding carboxylic acids is 1. The number of hydrogen-bond acceptors (Lipinski definition) is 3. The van der Waals surface area contributed by atoms with Crippen LogP contribution in [0.1, 0.15) is 65.2 Å². The zero-order valence-corrected chi connectivity index (χ0v) is 19.1. The summed E-state index contributed by atoms with van der Waals surface area (Å²) in [5, 5.41) is 9.65. The standard InChI is InChI=1S/C22H34ClNO4S/c1-3-5-7-15-24(16-8-6-4-2)22(27)18(9-14-21(25)26)17-29(28)20-12-10-19(23)11-13-20/h10-13,18H,3-9,14-17H2,1-2H3,(H,25,26). The number of nitrogens with zero attached hydrogens (tertiary/aromatic N) is 1. The highest BCUT2D eigenvalue weighted by Crippen LogP contribution is 2.19. The van der Waals surface area contributed by atoms with Crippen LogP contribution in [-0.2, 0) is 20.4 Å². The highest BCUT2D eigenvalue weighted by atomic mass is 35.5. The molecule has 0 saturated carbocycles. The van der Waals surface area contributed by atoms with Crippen molar-refractivity contribution in [3.63, 3.8) is 0 Å². The van der Waals surface area contributed by atoms with Gasteiger partial charge in [-0.2, -0.15) is 0 Å². The normalized spacial score (nSPS) is 13.1. The molecule has 29 heavy (non-hydrogen) atoms. The fraction of sp³-hybridized carbons (Fsp3) is 0.636. The average Bonchev–Trinajstić information content (AvgIpc) is 2.70. The SMILES string of the molecule is CCCCCN(CCCCC)C(=O)C(CCC(=O)O)CS(=O)c1ccc(Cl)cc1. The lowest BCUT2D eigenvalue weighted by molar-refractivity contribution is -0.138. The third kappa shape index (κ3) is 10.3. The van der Waals surface area contributed by atoms with E-state index >= 15 is 0 Å². The molecule has 0 spiro atoms. The summed E-state index contributed by atoms with van der Waals surface area (Å²) in [7, 11) is -1.39. The van der Waals surface area contributed by atoms with E-state index in [-0.39, 0.29) is 24.5 Å². The molecule has 1 N–H and O–H groups in total. The van der Waals surface area contributed by atoms with Gasteiger partial charge in [-0.25, -0.2) is 0 Å². The summed E-state index contributed by atoms with van der Waals surface area (Å²) in [6.07, 6.45) is 6.19. The topological polar surface area (TPSA) is 74.7 Å². The second-order valence-corrected chi connectivity index (χ2v) is 9.27. The summed E-state index contributed by atoms with van der Waals surface area (Å²) in [5.41, 5.74) is 0. The monoisotopic (exact) mass is 443 g/mol. The molecule has 1 rings (SSSR count). The fourth-order valence-corrected chi connectivity index (χ4v) is 4.57. The van der Waals surface area contributed by atoms with Gasteiger partial charge in [0.2, 0.25) is 5.91 Å². The van der Waals surface area contributed by atoms with Crippen molar-refractivity contribution < 1.29 is 18.9 Å². The smallest absolute Gasteiger partial charge is 0.303 e. The van der Waals surface area contributed by atoms with Crippen molar-refractivity contribution in [3.05, 3.63) is 29.3 Å². The first kappa shape index (κ1) is 25.6. The molecular formula is C22H34ClNO4S. The predicted octanol–water partition coefficient (Wildman–Crippen LogP) is 5.14. The molecule has 1 amide bonds. The molecule has 0 aliphatic rings. The third-order valence-electron chi connectivity index (χ3n) is 4.86. The lowest BCUT2D eigenvalue weighted by Crippen LogP contribution is -2.39. The van der Waals surface area contributed by atoms with Gasteiger partial charge in [-0.15, -0.1) is 0 Å². The minimum Gasteiger partial charge on any atom is -0.481 e. The first-order chi connectivity index (χ1) is 13.9. The molecule has 2 atom stereocenters. The zero-order chi connectivity index (χ0) is 21.6. The number of aliphatic carboxylic acids is 1. The number of carboxylic acid groups (broad SMARTS) is 1. The Kier molecular flexibility index (Phi) is 12.9. The van der Waals surface area contributed by atoms with Crippen molar-refractivity contribution in [2.45, 2.75) is 70.1 Å². The van der Waals surface area contributed by atoms with Crippen LogP contribution in [0.25, 0.3) is 0 Å². The Balaban J connectivity index is 2.90. The van der Waals surface area contributed by atoms with Gasteiger partial charge in [-0.3, -0.25) is 13.8 Å². The number of rotatable bonds is 15. The van der Waals surface area contributed by atoms with E-state index in [1.807, 2.05) is 4.90 Å². The number of carbonyl (C=O) groups is 2. The largest absolute Gasteiger partial charge is 0.481 e. The van der Waals surface area contributed by atoms with Crippen molar-refractivity contribution in [1.82, 2.24) is 4.90 Å². The van der Waals surface area contributed by atoms with E-state index in [9.17, 15) is 13.8 Å². The van der Waals surface area contributed by atoms with Gasteiger partial charge in [-0.05, 0) is 43.5 Å². The molecule has 2 unspecified atom stereocenters. The van der Waals surface area contributed by atoms with Crippen LogP contribution in [0.4, 0.5) is 0 Å². The van der Waals surface area contributed by atoms with Gasteiger partial charge in [0.15, 0.2) is 0 Å². The van der Waals surface area contributed by atoms with Gasteiger partial charge in [0.1, 0.15) is 0 Å². The number of halogens is 1. The summed E-state index contributed by atoms with van der Waals surface area (Å²) in [5.74, 6) is -1.44. The second kappa shape index (κ2) is 14.6. The number of hydrogen-bond donors (Lipinski definition) is 1. The van der Waals surface area contributed by atoms with Crippen molar-refractivity contribution in [2.75, 3.05) is 18.8 Å². The van der Waals surface area contributed by atoms with Crippen molar-refractivity contribution in [2.24, 2.45) is 5.92 Å². The molecule has 1 aromatic carbocycles. The molecule has 0 aliphatic heterocycles. The quantitative estimate of drug-likeness (QED) is 0.381. The van der Waals surface area contributed by atoms with E-state index in [1.165, 1.54) is 0 Å². The zero-order valence-electron chi connectivity index (χ0n) is 17.6. The van der Waals surface area contributed by atoms with Gasteiger partial charge in [0, 0.05) is 35.2 Å². The number of unbranched alkanes of at least 4 members (excludes halogenated alkanes) is 4. The summed E-state index contributed by atoms with van der Waals surface area (Å²) in [6, 6.07) is 6.73. The molecule has 164 valence electrons. The Bertz CT molecular complexity index is 641. The number of carboxylic acids is 1. The first-order valence-corrected chi connectivity index (χ1v) is 12.2. The van der Waals surface area contributed by atoms with E-state index in [1.54, 1.807) is 24.3 Å². The van der Waals surface area contributed by atoms with Crippen LogP contribution in [0.2, 0.25) is 5.02 Å². The molecule has 0 radical (unpaired) electrons. The molecule has 0 aliphatic carbocycles. The second-order valence-electron chi connectivity index (χ2n) is 7.33. The Hall–Kier alpha value is -1.40. The summed E-state index contributed by atoms with van der Waals surface area (Å²) in [6.45, 7) is 5.59. The van der Waals surface area contributed by atoms with Gasteiger partial charge in [-0.1, -0.05) is 51.1 Å². The molecule has 5 nitrogen and oxygen atoms in total. The Morgan fingerprint density at radius 1 is 1.03 bits per heavy atom. The first-order valence-electron chi connectivity index (χ1n) is 10.5. The van der Waals surface area contributed by atoms with Gasteiger partial charge in [0.25, 0.3) is 0 Å². The minimum atomic E-state index is -1.39. The number of amides is 1. The van der Waals surface area contributed by atoms with Gasteiger partial charge >= 0.3 is 5.97 Å². The molecule has 0 fully saturated rings. The fourth-order valence-electron chi connectivity index (χ4n) is 3.14. The van der Waals surface area contributed by atoms with Crippen LogP contribution in [0.3, 0.4) is 0 Å². The van der Waals surface area contributed by atoms with Crippen LogP contribution in [-0.4, -0.2) is 44.9 Å². The summed E-state index contributed by atoms with van der Waals surface area (Å²) < 4.78 is 12.8. The summed E-state index contributed by atoms with van der Waals surface area (Å²) in [4.78, 5) is 26.8. The Morgan fingerprint density at radius 3 is 2.07 bits per heavy atom. The van der Waals surface area contributed by atoms with E-state index in [2.05, 4.69) is 13.8 Å². The van der Waals surface area contributed by atoms with E-state index < -0.39 is 22.7 Å². The molecular weight excluding hydrogens is 410 g/mol. The molecule has 7 heteroatoms. The lowest BCUT2D eigenvalue weighted by atomic mass is 10.0. The summed E-state index contributed by atoms with van der Waals surface area (Å²) >= 11 is 5.89. The van der Waals surface area contributed by atoms with Crippen LogP contribution in [0.5, 0.6) is 0 Å².